The van der Waals surface area contributed by atoms with Crippen LogP contribution in [0.15, 0.2) is 36.7 Å². The minimum absolute atomic E-state index is 0.0768. The molecular formula is C29H41N6O10PS. The van der Waals surface area contributed by atoms with Gasteiger partial charge in [-0.2, -0.15) is 9.97 Å². The molecule has 1 saturated heterocycles. The summed E-state index contributed by atoms with van der Waals surface area (Å²) in [5, 5.41) is 25.0. The average Bonchev–Trinajstić information content (AvgIpc) is 3.54. The molecule has 3 aromatic rings. The van der Waals surface area contributed by atoms with Crippen molar-refractivity contribution in [2.45, 2.75) is 65.2 Å². The molecule has 16 nitrogen and oxygen atoms in total. The Labute approximate surface area is 276 Å². The van der Waals surface area contributed by atoms with Crippen LogP contribution in [0.4, 0.5) is 5.95 Å². The van der Waals surface area contributed by atoms with Gasteiger partial charge in [-0.1, -0.05) is 42.1 Å². The molecule has 0 amide bonds. The van der Waals surface area contributed by atoms with E-state index in [1.54, 1.807) is 20.8 Å². The zero-order chi connectivity index (χ0) is 34.4. The van der Waals surface area contributed by atoms with Gasteiger partial charge in [-0.15, -0.1) is 0 Å². The van der Waals surface area contributed by atoms with Crippen LogP contribution in [0.5, 0.6) is 5.88 Å². The minimum atomic E-state index is -4.06. The Bertz CT molecular complexity index is 1590. The van der Waals surface area contributed by atoms with Gasteiger partial charge in [0.2, 0.25) is 11.8 Å². The standard InChI is InChI=1S/C29H41N6O10PS/c1-6-41-24-21-23(33-27(30)34-24)35(17-31-21)25-29(5,39)22(37)20(45-25)15-44-46(40,32-14-19-10-8-7-9-11-19)43-12-13-47-26(38)28(3,4)16-42-18(2)36/h7-11,17,20,22,25,37,39H,6,12-16H2,1-5H3,(H,32,40)(H2,30,33,34)/t20-,22-,25-,29-,46?/m1/s1. The van der Waals surface area contributed by atoms with Crippen molar-refractivity contribution in [3.8, 4) is 5.88 Å². The number of hydrogen-bond acceptors (Lipinski definition) is 15. The van der Waals surface area contributed by atoms with Gasteiger partial charge in [0.1, 0.15) is 24.4 Å². The number of rotatable bonds is 16. The number of thioether (sulfide) groups is 1. The van der Waals surface area contributed by atoms with E-state index < -0.39 is 49.8 Å². The number of aliphatic hydroxyl groups excluding tert-OH is 1. The Morgan fingerprint density at radius 2 is 1.96 bits per heavy atom. The highest BCUT2D eigenvalue weighted by Gasteiger charge is 2.54. The maximum Gasteiger partial charge on any atom is 0.405 e. The molecule has 0 bridgehead atoms. The summed E-state index contributed by atoms with van der Waals surface area (Å²) in [5.41, 5.74) is 4.36. The zero-order valence-electron chi connectivity index (χ0n) is 26.8. The molecule has 0 aliphatic carbocycles. The quantitative estimate of drug-likeness (QED) is 0.0961. The van der Waals surface area contributed by atoms with Crippen LogP contribution < -0.4 is 15.6 Å². The van der Waals surface area contributed by atoms with Crippen LogP contribution in [-0.4, -0.2) is 90.8 Å². The third-order valence-electron chi connectivity index (χ3n) is 7.19. The number of carbonyl (C=O) groups excluding carboxylic acids is 2. The molecule has 0 radical (unpaired) electrons. The number of nitrogen functional groups attached to an aromatic ring is 1. The molecule has 47 heavy (non-hydrogen) atoms. The molecule has 1 fully saturated rings. The molecule has 5 N–H and O–H groups in total. The number of benzene rings is 1. The van der Waals surface area contributed by atoms with Crippen LogP contribution in [0.2, 0.25) is 0 Å². The maximum atomic E-state index is 13.9. The van der Waals surface area contributed by atoms with E-state index in [4.69, 9.17) is 29.0 Å². The molecule has 5 atom stereocenters. The summed E-state index contributed by atoms with van der Waals surface area (Å²) >= 11 is 0.944. The lowest BCUT2D eigenvalue weighted by Gasteiger charge is -2.27. The summed E-state index contributed by atoms with van der Waals surface area (Å²) in [4.78, 5) is 36.4. The number of nitrogens with zero attached hydrogens (tertiary/aromatic N) is 4. The zero-order valence-corrected chi connectivity index (χ0v) is 28.5. The fourth-order valence-corrected chi connectivity index (χ4v) is 6.84. The number of imidazole rings is 1. The van der Waals surface area contributed by atoms with E-state index in [2.05, 4.69) is 20.0 Å². The van der Waals surface area contributed by atoms with Crippen molar-refractivity contribution in [3.05, 3.63) is 42.2 Å². The summed E-state index contributed by atoms with van der Waals surface area (Å²) in [7, 11) is -4.06. The van der Waals surface area contributed by atoms with E-state index in [0.29, 0.717) is 6.61 Å². The number of nitrogens with one attached hydrogen (secondary N) is 1. The second kappa shape index (κ2) is 15.4. The van der Waals surface area contributed by atoms with Crippen molar-refractivity contribution in [1.82, 2.24) is 24.6 Å². The third kappa shape index (κ3) is 9.06. The van der Waals surface area contributed by atoms with Gasteiger partial charge < -0.3 is 30.2 Å². The summed E-state index contributed by atoms with van der Waals surface area (Å²) in [5.74, 6) is -0.290. The number of carbonyl (C=O) groups is 2. The normalized spacial score (nSPS) is 22.7. The highest BCUT2D eigenvalue weighted by atomic mass is 32.2. The fourth-order valence-electron chi connectivity index (χ4n) is 4.61. The van der Waals surface area contributed by atoms with E-state index in [9.17, 15) is 24.4 Å². The minimum Gasteiger partial charge on any atom is -0.476 e. The lowest BCUT2D eigenvalue weighted by molar-refractivity contribution is -0.145. The molecular weight excluding hydrogens is 655 g/mol. The first-order chi connectivity index (χ1) is 22.2. The van der Waals surface area contributed by atoms with Crippen molar-refractivity contribution < 1.29 is 47.6 Å². The summed E-state index contributed by atoms with van der Waals surface area (Å²) in [6, 6.07) is 9.14. The van der Waals surface area contributed by atoms with Crippen molar-refractivity contribution >= 4 is 47.7 Å². The van der Waals surface area contributed by atoms with Gasteiger partial charge in [0.25, 0.3) is 0 Å². The SMILES string of the molecule is CCOc1nc(N)nc2c1ncn2[C@@H]1O[C@H](COP(=O)(NCc2ccccc2)OCCSC(=O)C(C)(C)COC(C)=O)[C@@H](O)[C@@]1(C)O. The van der Waals surface area contributed by atoms with Crippen LogP contribution in [0.3, 0.4) is 0 Å². The lowest BCUT2D eigenvalue weighted by Crippen LogP contribution is -2.44. The van der Waals surface area contributed by atoms with Crippen LogP contribution in [0.25, 0.3) is 11.2 Å². The molecule has 1 aliphatic heterocycles. The molecule has 18 heteroatoms. The summed E-state index contributed by atoms with van der Waals surface area (Å²) in [6.07, 6.45) is -2.49. The number of esters is 1. The molecule has 258 valence electrons. The first-order valence-corrected chi connectivity index (χ1v) is 17.4. The number of aromatic nitrogens is 4. The van der Waals surface area contributed by atoms with Gasteiger partial charge in [-0.25, -0.2) is 14.6 Å². The second-order valence-electron chi connectivity index (χ2n) is 11.6. The summed E-state index contributed by atoms with van der Waals surface area (Å²) in [6.45, 7) is 7.50. The van der Waals surface area contributed by atoms with Crippen molar-refractivity contribution in [2.24, 2.45) is 5.41 Å². The van der Waals surface area contributed by atoms with Crippen molar-refractivity contribution in [3.63, 3.8) is 0 Å². The topological polar surface area (TPSA) is 219 Å². The van der Waals surface area contributed by atoms with Gasteiger partial charge in [-0.05, 0) is 33.3 Å². The first-order valence-electron chi connectivity index (χ1n) is 14.8. The van der Waals surface area contributed by atoms with Gasteiger partial charge in [0.05, 0.1) is 31.6 Å². The van der Waals surface area contributed by atoms with E-state index in [-0.39, 0.29) is 53.6 Å². The Balaban J connectivity index is 1.45. The molecule has 1 aliphatic rings. The summed E-state index contributed by atoms with van der Waals surface area (Å²) < 4.78 is 43.3. The highest BCUT2D eigenvalue weighted by molar-refractivity contribution is 8.13. The van der Waals surface area contributed by atoms with Crippen LogP contribution in [0.1, 0.15) is 46.4 Å². The van der Waals surface area contributed by atoms with E-state index in [0.717, 1.165) is 17.3 Å². The predicted molar refractivity (Wildman–Crippen MR) is 172 cm³/mol. The second-order valence-corrected chi connectivity index (χ2v) is 14.5. The number of fused-ring (bicyclic) bond motifs is 1. The number of hydrogen-bond donors (Lipinski definition) is 4. The number of anilines is 1. The molecule has 0 saturated carbocycles. The monoisotopic (exact) mass is 696 g/mol. The molecule has 1 aromatic carbocycles. The van der Waals surface area contributed by atoms with Crippen molar-refractivity contribution in [1.29, 1.82) is 0 Å². The van der Waals surface area contributed by atoms with Crippen LogP contribution in [0, 0.1) is 5.41 Å². The number of nitrogens with two attached hydrogens (primary N) is 1. The number of aliphatic hydroxyl groups is 2. The highest BCUT2D eigenvalue weighted by Crippen LogP contribution is 2.47. The van der Waals surface area contributed by atoms with Crippen molar-refractivity contribution in [2.75, 3.05) is 37.9 Å². The van der Waals surface area contributed by atoms with E-state index in [1.165, 1.54) is 24.7 Å². The fraction of sp³-hybridized carbons (Fsp3) is 0.552. The van der Waals surface area contributed by atoms with Gasteiger partial charge in [0, 0.05) is 19.2 Å². The van der Waals surface area contributed by atoms with Gasteiger partial charge in [0.15, 0.2) is 22.5 Å². The largest absolute Gasteiger partial charge is 0.476 e. The molecule has 0 spiro atoms. The lowest BCUT2D eigenvalue weighted by atomic mass is 9.96. The Morgan fingerprint density at radius 1 is 1.23 bits per heavy atom. The molecule has 2 aromatic heterocycles. The average molecular weight is 697 g/mol. The molecule has 1 unspecified atom stereocenters. The molecule has 4 rings (SSSR count). The smallest absolute Gasteiger partial charge is 0.405 e. The van der Waals surface area contributed by atoms with E-state index in [1.807, 2.05) is 30.3 Å². The van der Waals surface area contributed by atoms with Gasteiger partial charge >= 0.3 is 13.7 Å². The Hall–Kier alpha value is -3.15. The number of ether oxygens (including phenoxy) is 3. The maximum absolute atomic E-state index is 13.9. The van der Waals surface area contributed by atoms with Crippen LogP contribution in [-0.2, 0) is 39.2 Å². The predicted octanol–water partition coefficient (Wildman–Crippen LogP) is 2.60. The Kier molecular flexibility index (Phi) is 12.0. The van der Waals surface area contributed by atoms with E-state index >= 15 is 0 Å². The Morgan fingerprint density at radius 3 is 2.64 bits per heavy atom. The van der Waals surface area contributed by atoms with Crippen LogP contribution >= 0.6 is 19.5 Å². The third-order valence-corrected chi connectivity index (χ3v) is 9.93. The molecule has 3 heterocycles. The first kappa shape index (κ1) is 36.7. The van der Waals surface area contributed by atoms with Gasteiger partial charge in [-0.3, -0.25) is 23.2 Å².